The fourth-order valence-corrected chi connectivity index (χ4v) is 5.06. The number of benzene rings is 1. The number of halogens is 4. The number of esters is 1. The number of amides is 1. The van der Waals surface area contributed by atoms with Crippen LogP contribution in [-0.4, -0.2) is 30.8 Å². The summed E-state index contributed by atoms with van der Waals surface area (Å²) in [6.45, 7) is 2.02. The Morgan fingerprint density at radius 3 is 2.50 bits per heavy atom. The number of nitrogens with one attached hydrogen (secondary N) is 2. The monoisotopic (exact) mass is 485 g/mol. The fourth-order valence-electron chi connectivity index (χ4n) is 3.52. The van der Waals surface area contributed by atoms with E-state index in [1.54, 1.807) is 5.32 Å². The Morgan fingerprint density at radius 2 is 1.94 bits per heavy atom. The van der Waals surface area contributed by atoms with E-state index in [4.69, 9.17) is 11.6 Å². The number of fused-ring (bicyclic) bond motifs is 1. The summed E-state index contributed by atoms with van der Waals surface area (Å²) in [6.07, 6.45) is -3.34. The number of ether oxygens (including phenoxy) is 1. The van der Waals surface area contributed by atoms with Crippen LogP contribution < -0.4 is 10.6 Å². The summed E-state index contributed by atoms with van der Waals surface area (Å²) in [5.41, 5.74) is -3.05. The topological polar surface area (TPSA) is 91.2 Å². The maximum absolute atomic E-state index is 14.3. The zero-order valence-electron chi connectivity index (χ0n) is 17.1. The Hall–Kier alpha value is -2.77. The molecule has 1 aliphatic rings. The molecule has 0 bridgehead atoms. The van der Waals surface area contributed by atoms with Gasteiger partial charge in [-0.05, 0) is 55.0 Å². The second kappa shape index (κ2) is 9.00. The molecule has 3 rings (SSSR count). The van der Waals surface area contributed by atoms with Crippen molar-refractivity contribution in [1.29, 1.82) is 5.26 Å². The zero-order chi connectivity index (χ0) is 23.7. The van der Waals surface area contributed by atoms with Gasteiger partial charge < -0.3 is 15.4 Å². The van der Waals surface area contributed by atoms with Crippen LogP contribution in [0.3, 0.4) is 0 Å². The molecule has 2 N–H and O–H groups in total. The minimum absolute atomic E-state index is 0.0372. The predicted molar refractivity (Wildman–Crippen MR) is 114 cm³/mol. The van der Waals surface area contributed by atoms with Crippen LogP contribution >= 0.6 is 22.9 Å². The molecule has 0 unspecified atom stereocenters. The van der Waals surface area contributed by atoms with Crippen molar-refractivity contribution in [1.82, 2.24) is 5.32 Å². The summed E-state index contributed by atoms with van der Waals surface area (Å²) in [5.74, 6) is -2.63. The van der Waals surface area contributed by atoms with Gasteiger partial charge in [-0.3, -0.25) is 4.79 Å². The Balaban J connectivity index is 2.08. The van der Waals surface area contributed by atoms with Crippen LogP contribution in [-0.2, 0) is 22.4 Å². The van der Waals surface area contributed by atoms with Gasteiger partial charge in [0.25, 0.3) is 5.91 Å². The zero-order valence-corrected chi connectivity index (χ0v) is 18.7. The van der Waals surface area contributed by atoms with Gasteiger partial charge in [-0.25, -0.2) is 4.79 Å². The van der Waals surface area contributed by atoms with Gasteiger partial charge in [0.05, 0.1) is 12.7 Å². The minimum Gasteiger partial charge on any atom is -0.466 e. The predicted octanol–water partition coefficient (Wildman–Crippen LogP) is 4.67. The molecule has 1 amide bonds. The van der Waals surface area contributed by atoms with Crippen molar-refractivity contribution < 1.29 is 27.5 Å². The summed E-state index contributed by atoms with van der Waals surface area (Å²) in [4.78, 5) is 25.9. The molecule has 2 aromatic rings. The number of hydrogen-bond donors (Lipinski definition) is 2. The highest BCUT2D eigenvalue weighted by molar-refractivity contribution is 7.16. The Morgan fingerprint density at radius 1 is 1.28 bits per heavy atom. The number of thiophene rings is 1. The third-order valence-electron chi connectivity index (χ3n) is 5.25. The molecule has 1 aromatic heterocycles. The van der Waals surface area contributed by atoms with Crippen molar-refractivity contribution in [2.24, 2.45) is 5.92 Å². The molecule has 170 valence electrons. The molecule has 0 spiro atoms. The van der Waals surface area contributed by atoms with Crippen molar-refractivity contribution in [3.8, 4) is 6.07 Å². The second-order valence-electron chi connectivity index (χ2n) is 7.49. The smallest absolute Gasteiger partial charge is 0.441 e. The van der Waals surface area contributed by atoms with E-state index in [1.165, 1.54) is 24.3 Å². The van der Waals surface area contributed by atoms with Crippen molar-refractivity contribution in [2.75, 3.05) is 12.4 Å². The first-order valence-corrected chi connectivity index (χ1v) is 10.8. The lowest BCUT2D eigenvalue weighted by molar-refractivity contribution is -0.203. The third-order valence-corrected chi connectivity index (χ3v) is 6.67. The maximum atomic E-state index is 14.3. The minimum atomic E-state index is -5.30. The molecule has 11 heteroatoms. The van der Waals surface area contributed by atoms with E-state index in [0.717, 1.165) is 29.7 Å². The lowest BCUT2D eigenvalue weighted by atomic mass is 9.88. The molecular formula is C21H19ClF3N3O3S. The van der Waals surface area contributed by atoms with Gasteiger partial charge in [0.15, 0.2) is 0 Å². The average molecular weight is 486 g/mol. The molecule has 1 aromatic carbocycles. The molecule has 0 saturated carbocycles. The first kappa shape index (κ1) is 23.9. The van der Waals surface area contributed by atoms with Crippen LogP contribution in [0, 0.1) is 17.2 Å². The number of alkyl halides is 3. The van der Waals surface area contributed by atoms with Gasteiger partial charge in [0.1, 0.15) is 11.1 Å². The van der Waals surface area contributed by atoms with Gasteiger partial charge >= 0.3 is 17.8 Å². The van der Waals surface area contributed by atoms with Crippen LogP contribution in [0.25, 0.3) is 0 Å². The second-order valence-corrected chi connectivity index (χ2v) is 9.03. The van der Waals surface area contributed by atoms with Crippen LogP contribution in [0.4, 0.5) is 18.2 Å². The first-order chi connectivity index (χ1) is 15.0. The summed E-state index contributed by atoms with van der Waals surface area (Å²) < 4.78 is 47.5. The number of nitrogens with zero attached hydrogens (tertiary/aromatic N) is 1. The lowest BCUT2D eigenvalue weighted by Gasteiger charge is -2.34. The highest BCUT2D eigenvalue weighted by atomic mass is 35.5. The van der Waals surface area contributed by atoms with Crippen LogP contribution in [0.15, 0.2) is 24.3 Å². The van der Waals surface area contributed by atoms with Crippen LogP contribution in [0.2, 0.25) is 5.02 Å². The van der Waals surface area contributed by atoms with Crippen molar-refractivity contribution in [3.05, 3.63) is 50.9 Å². The molecule has 6 nitrogen and oxygen atoms in total. The normalized spacial score (nSPS) is 17.5. The molecule has 32 heavy (non-hydrogen) atoms. The van der Waals surface area contributed by atoms with E-state index >= 15 is 0 Å². The first-order valence-electron chi connectivity index (χ1n) is 9.58. The highest BCUT2D eigenvalue weighted by Gasteiger charge is 2.64. The standard InChI is InChI=1S/C21H19ClF3N3O3S/c1-11-3-8-14-15(10-26)18(32-16(14)9-11)28-20(19(30)31-2,21(23,24)25)27-17(29)12-4-6-13(22)7-5-12/h4-7,11,28H,3,8-9H2,1-2H3,(H,27,29)/t11-,20-/m0/s1. The van der Waals surface area contributed by atoms with Gasteiger partial charge in [-0.1, -0.05) is 18.5 Å². The quantitative estimate of drug-likeness (QED) is 0.474. The molecule has 1 aliphatic carbocycles. The molecule has 0 radical (unpaired) electrons. The van der Waals surface area contributed by atoms with Crippen LogP contribution in [0.1, 0.15) is 39.7 Å². The van der Waals surface area contributed by atoms with Crippen molar-refractivity contribution in [2.45, 2.75) is 38.0 Å². The number of methoxy groups -OCH3 is 1. The van der Waals surface area contributed by atoms with Crippen molar-refractivity contribution in [3.63, 3.8) is 0 Å². The molecule has 0 aliphatic heterocycles. The maximum Gasteiger partial charge on any atom is 0.441 e. The molecule has 2 atom stereocenters. The number of carbonyl (C=O) groups is 2. The summed E-state index contributed by atoms with van der Waals surface area (Å²) in [7, 11) is 0.783. The van der Waals surface area contributed by atoms with E-state index in [2.05, 4.69) is 10.1 Å². The summed E-state index contributed by atoms with van der Waals surface area (Å²) in [5, 5.41) is 13.6. The van der Waals surface area contributed by atoms with E-state index in [-0.39, 0.29) is 21.2 Å². The molecule has 0 fully saturated rings. The van der Waals surface area contributed by atoms with Crippen LogP contribution in [0.5, 0.6) is 0 Å². The molecule has 1 heterocycles. The van der Waals surface area contributed by atoms with Gasteiger partial charge in [0, 0.05) is 15.5 Å². The largest absolute Gasteiger partial charge is 0.466 e. The molecule has 0 saturated heterocycles. The fraction of sp³-hybridized carbons (Fsp3) is 0.381. The summed E-state index contributed by atoms with van der Waals surface area (Å²) in [6, 6.07) is 7.06. The third kappa shape index (κ3) is 4.40. The van der Waals surface area contributed by atoms with E-state index in [9.17, 15) is 28.0 Å². The SMILES string of the molecule is COC(=O)[C@](NC(=O)c1ccc(Cl)cc1)(Nc1sc2c(c1C#N)CC[C@H](C)C2)C(F)(F)F. The van der Waals surface area contributed by atoms with Gasteiger partial charge in [0.2, 0.25) is 0 Å². The number of nitriles is 1. The van der Waals surface area contributed by atoms with Gasteiger partial charge in [-0.2, -0.15) is 18.4 Å². The Labute approximate surface area is 191 Å². The molecular weight excluding hydrogens is 467 g/mol. The Bertz CT molecular complexity index is 1080. The number of hydrogen-bond acceptors (Lipinski definition) is 6. The summed E-state index contributed by atoms with van der Waals surface area (Å²) >= 11 is 6.74. The van der Waals surface area contributed by atoms with E-state index in [1.807, 2.05) is 13.0 Å². The number of carbonyl (C=O) groups excluding carboxylic acids is 2. The number of anilines is 1. The lowest BCUT2D eigenvalue weighted by Crippen LogP contribution is -2.69. The highest BCUT2D eigenvalue weighted by Crippen LogP contribution is 2.42. The average Bonchev–Trinajstić information content (AvgIpc) is 3.07. The van der Waals surface area contributed by atoms with Crippen molar-refractivity contribution >= 4 is 39.8 Å². The van der Waals surface area contributed by atoms with E-state index in [0.29, 0.717) is 24.3 Å². The van der Waals surface area contributed by atoms with E-state index < -0.39 is 23.7 Å². The van der Waals surface area contributed by atoms with Gasteiger partial charge in [-0.15, -0.1) is 11.3 Å². The number of rotatable bonds is 5. The Kier molecular flexibility index (Phi) is 6.72.